The number of anilines is 1. The molecule has 0 aliphatic heterocycles. The van der Waals surface area contributed by atoms with E-state index in [1.807, 2.05) is 19.9 Å². The molecule has 0 aliphatic rings. The molecule has 136 valence electrons. The fraction of sp³-hybridized carbons (Fsp3) is 0.278. The van der Waals surface area contributed by atoms with Gasteiger partial charge in [0.15, 0.2) is 5.82 Å². The molecule has 26 heavy (non-hydrogen) atoms. The van der Waals surface area contributed by atoms with Crippen LogP contribution in [0.4, 0.5) is 5.69 Å². The largest absolute Gasteiger partial charge is 0.480 e. The second-order valence-electron chi connectivity index (χ2n) is 5.68. The van der Waals surface area contributed by atoms with Gasteiger partial charge < -0.3 is 14.8 Å². The van der Waals surface area contributed by atoms with Crippen LogP contribution in [-0.4, -0.2) is 30.1 Å². The molecule has 2 heterocycles. The molecule has 3 rings (SSSR count). The maximum atomic E-state index is 12.8. The molecule has 1 aromatic carbocycles. The van der Waals surface area contributed by atoms with Crippen molar-refractivity contribution in [2.75, 3.05) is 19.5 Å². The summed E-state index contributed by atoms with van der Waals surface area (Å²) in [5.74, 6) is 0.732. The van der Waals surface area contributed by atoms with Gasteiger partial charge in [-0.05, 0) is 37.1 Å². The molecule has 0 unspecified atom stereocenters. The maximum absolute atomic E-state index is 12.8. The highest BCUT2D eigenvalue weighted by molar-refractivity contribution is 7.20. The zero-order valence-electron chi connectivity index (χ0n) is 14.8. The topological polar surface area (TPSA) is 73.3 Å². The third kappa shape index (κ3) is 3.38. The van der Waals surface area contributed by atoms with Crippen molar-refractivity contribution in [3.8, 4) is 5.88 Å². The van der Waals surface area contributed by atoms with Gasteiger partial charge in [0.05, 0.1) is 17.4 Å². The Kier molecular flexibility index (Phi) is 5.41. The van der Waals surface area contributed by atoms with Gasteiger partial charge in [0.25, 0.3) is 5.91 Å². The average molecular weight is 392 g/mol. The number of aromatic nitrogens is 2. The highest BCUT2D eigenvalue weighted by atomic mass is 35.5. The van der Waals surface area contributed by atoms with E-state index in [4.69, 9.17) is 21.1 Å². The highest BCUT2D eigenvalue weighted by Gasteiger charge is 2.21. The van der Waals surface area contributed by atoms with Crippen LogP contribution < -0.4 is 10.1 Å². The molecule has 8 heteroatoms. The number of carbonyl (C=O) groups excluding carboxylic acids is 1. The molecule has 0 saturated heterocycles. The third-order valence-corrected chi connectivity index (χ3v) is 5.59. The van der Waals surface area contributed by atoms with Crippen LogP contribution in [0.15, 0.2) is 18.2 Å². The van der Waals surface area contributed by atoms with Gasteiger partial charge in [0.2, 0.25) is 5.88 Å². The lowest BCUT2D eigenvalue weighted by atomic mass is 10.1. The van der Waals surface area contributed by atoms with Gasteiger partial charge in [-0.3, -0.25) is 4.79 Å². The molecule has 0 fully saturated rings. The first kappa shape index (κ1) is 18.6. The van der Waals surface area contributed by atoms with Crippen molar-refractivity contribution in [1.82, 2.24) is 9.97 Å². The maximum Gasteiger partial charge on any atom is 0.266 e. The number of hydrogen-bond acceptors (Lipinski definition) is 6. The summed E-state index contributed by atoms with van der Waals surface area (Å²) in [6.45, 7) is 3.99. The Bertz CT molecular complexity index is 987. The zero-order chi connectivity index (χ0) is 18.8. The van der Waals surface area contributed by atoms with Crippen LogP contribution in [0, 0.1) is 13.8 Å². The number of rotatable bonds is 5. The fourth-order valence-corrected chi connectivity index (χ4v) is 3.88. The summed E-state index contributed by atoms with van der Waals surface area (Å²) < 4.78 is 10.5. The summed E-state index contributed by atoms with van der Waals surface area (Å²) in [5, 5.41) is 4.27. The molecule has 2 aromatic heterocycles. The number of carbonyl (C=O) groups is 1. The molecule has 0 saturated carbocycles. The van der Waals surface area contributed by atoms with E-state index >= 15 is 0 Å². The van der Waals surface area contributed by atoms with Gasteiger partial charge in [-0.25, -0.2) is 4.98 Å². The SMILES string of the molecule is COCc1nc(OC)c2c(C)c(C(=O)Nc3cccc(Cl)c3C)sc2n1. The second-order valence-corrected chi connectivity index (χ2v) is 7.09. The van der Waals surface area contributed by atoms with E-state index < -0.39 is 0 Å². The van der Waals surface area contributed by atoms with Gasteiger partial charge in [0, 0.05) is 17.8 Å². The number of fused-ring (bicyclic) bond motifs is 1. The van der Waals surface area contributed by atoms with Crippen molar-refractivity contribution >= 4 is 44.7 Å². The summed E-state index contributed by atoms with van der Waals surface area (Å²) in [6, 6.07) is 5.40. The van der Waals surface area contributed by atoms with Crippen LogP contribution in [-0.2, 0) is 11.3 Å². The number of amides is 1. The number of benzene rings is 1. The van der Waals surface area contributed by atoms with Crippen molar-refractivity contribution in [1.29, 1.82) is 0 Å². The molecule has 1 N–H and O–H groups in total. The van der Waals surface area contributed by atoms with Crippen LogP contribution in [0.1, 0.15) is 26.6 Å². The van der Waals surface area contributed by atoms with Gasteiger partial charge in [-0.1, -0.05) is 17.7 Å². The first-order chi connectivity index (χ1) is 12.5. The minimum absolute atomic E-state index is 0.216. The van der Waals surface area contributed by atoms with Crippen LogP contribution in [0.25, 0.3) is 10.2 Å². The van der Waals surface area contributed by atoms with E-state index in [0.717, 1.165) is 16.5 Å². The quantitative estimate of drug-likeness (QED) is 0.699. The van der Waals surface area contributed by atoms with Gasteiger partial charge in [-0.15, -0.1) is 11.3 Å². The second kappa shape index (κ2) is 7.57. The van der Waals surface area contributed by atoms with Crippen LogP contribution in [0.3, 0.4) is 0 Å². The molecule has 6 nitrogen and oxygen atoms in total. The summed E-state index contributed by atoms with van der Waals surface area (Å²) >= 11 is 7.43. The molecule has 0 radical (unpaired) electrons. The van der Waals surface area contributed by atoms with E-state index in [9.17, 15) is 4.79 Å². The Hall–Kier alpha value is -2.22. The fourth-order valence-electron chi connectivity index (χ4n) is 2.62. The molecule has 0 aliphatic carbocycles. The number of hydrogen-bond donors (Lipinski definition) is 1. The van der Waals surface area contributed by atoms with E-state index in [2.05, 4.69) is 15.3 Å². The molecular weight excluding hydrogens is 374 g/mol. The lowest BCUT2D eigenvalue weighted by Gasteiger charge is -2.09. The lowest BCUT2D eigenvalue weighted by molar-refractivity contribution is 0.103. The van der Waals surface area contributed by atoms with Gasteiger partial charge in [0.1, 0.15) is 11.4 Å². The molecule has 1 amide bonds. The molecule has 0 atom stereocenters. The predicted octanol–water partition coefficient (Wildman–Crippen LogP) is 4.37. The minimum Gasteiger partial charge on any atom is -0.480 e. The molecule has 3 aromatic rings. The van der Waals surface area contributed by atoms with E-state index in [1.165, 1.54) is 11.3 Å². The number of aryl methyl sites for hydroxylation is 1. The highest BCUT2D eigenvalue weighted by Crippen LogP contribution is 2.35. The summed E-state index contributed by atoms with van der Waals surface area (Å²) in [6.07, 6.45) is 0. The normalized spacial score (nSPS) is 11.0. The van der Waals surface area contributed by atoms with Crippen molar-refractivity contribution in [3.63, 3.8) is 0 Å². The predicted molar refractivity (Wildman–Crippen MR) is 104 cm³/mol. The Morgan fingerprint density at radius 1 is 1.23 bits per heavy atom. The van der Waals surface area contributed by atoms with E-state index in [-0.39, 0.29) is 12.5 Å². The third-order valence-electron chi connectivity index (χ3n) is 3.99. The molecule has 0 bridgehead atoms. The van der Waals surface area contributed by atoms with E-state index in [0.29, 0.717) is 32.1 Å². The van der Waals surface area contributed by atoms with Gasteiger partial charge in [-0.2, -0.15) is 4.98 Å². The van der Waals surface area contributed by atoms with Gasteiger partial charge >= 0.3 is 0 Å². The van der Waals surface area contributed by atoms with Crippen molar-refractivity contribution < 1.29 is 14.3 Å². The van der Waals surface area contributed by atoms with Crippen LogP contribution >= 0.6 is 22.9 Å². The Balaban J connectivity index is 2.03. The summed E-state index contributed by atoms with van der Waals surface area (Å²) in [5.41, 5.74) is 2.28. The lowest BCUT2D eigenvalue weighted by Crippen LogP contribution is -2.12. The summed E-state index contributed by atoms with van der Waals surface area (Å²) in [4.78, 5) is 22.9. The number of thiophene rings is 1. The number of nitrogens with zero attached hydrogens (tertiary/aromatic N) is 2. The van der Waals surface area contributed by atoms with Crippen LogP contribution in [0.5, 0.6) is 5.88 Å². The Labute approximate surface area is 160 Å². The Morgan fingerprint density at radius 3 is 2.69 bits per heavy atom. The molecule has 0 spiro atoms. The standard InChI is InChI=1S/C18H18ClN3O3S/c1-9-11(19)6-5-7-12(9)20-16(23)15-10(2)14-17(25-4)21-13(8-24-3)22-18(14)26-15/h5-7H,8H2,1-4H3,(H,20,23). The first-order valence-corrected chi connectivity index (χ1v) is 9.05. The number of nitrogens with one attached hydrogen (secondary N) is 1. The number of halogens is 1. The van der Waals surface area contributed by atoms with Crippen molar-refractivity contribution in [2.45, 2.75) is 20.5 Å². The molecular formula is C18H18ClN3O3S. The first-order valence-electron chi connectivity index (χ1n) is 7.85. The van der Waals surface area contributed by atoms with E-state index in [1.54, 1.807) is 26.4 Å². The van der Waals surface area contributed by atoms with Crippen LogP contribution in [0.2, 0.25) is 5.02 Å². The monoisotopic (exact) mass is 391 g/mol. The van der Waals surface area contributed by atoms with Crippen molar-refractivity contribution in [3.05, 3.63) is 45.1 Å². The minimum atomic E-state index is -0.216. The number of methoxy groups -OCH3 is 2. The zero-order valence-corrected chi connectivity index (χ0v) is 16.4. The summed E-state index contributed by atoms with van der Waals surface area (Å²) in [7, 11) is 3.12. The Morgan fingerprint density at radius 2 is 2.00 bits per heavy atom. The smallest absolute Gasteiger partial charge is 0.266 e. The average Bonchev–Trinajstić information content (AvgIpc) is 2.95. The van der Waals surface area contributed by atoms with Crippen molar-refractivity contribution in [2.24, 2.45) is 0 Å². The number of ether oxygens (including phenoxy) is 2.